The summed E-state index contributed by atoms with van der Waals surface area (Å²) in [6.45, 7) is 8.49. The zero-order valence-electron chi connectivity index (χ0n) is 12.0. The highest BCUT2D eigenvalue weighted by atomic mass is 32.1. The second-order valence-electron chi connectivity index (χ2n) is 5.27. The molecule has 3 nitrogen and oxygen atoms in total. The first-order valence-corrected chi connectivity index (χ1v) is 6.93. The van der Waals surface area contributed by atoms with Crippen LogP contribution in [0.4, 0.5) is 0 Å². The lowest BCUT2D eigenvalue weighted by molar-refractivity contribution is 0.0736. The lowest BCUT2D eigenvalue weighted by Gasteiger charge is -2.26. The summed E-state index contributed by atoms with van der Waals surface area (Å²) in [6, 6.07) is 7.80. The molecule has 1 rings (SSSR count). The Morgan fingerprint density at radius 1 is 1.21 bits per heavy atom. The van der Waals surface area contributed by atoms with Crippen molar-refractivity contribution in [3.05, 3.63) is 35.4 Å². The van der Waals surface area contributed by atoms with E-state index in [2.05, 4.69) is 13.8 Å². The van der Waals surface area contributed by atoms with Crippen molar-refractivity contribution in [2.24, 2.45) is 5.73 Å². The number of benzene rings is 1. The largest absolute Gasteiger partial charge is 0.392 e. The predicted octanol–water partition coefficient (Wildman–Crippen LogP) is 2.95. The molecule has 0 saturated heterocycles. The highest BCUT2D eigenvalue weighted by Crippen LogP contribution is 2.16. The van der Waals surface area contributed by atoms with Gasteiger partial charge in [-0.1, -0.05) is 38.2 Å². The number of nitrogens with zero attached hydrogens (tertiary/aromatic N) is 1. The van der Waals surface area contributed by atoms with Crippen molar-refractivity contribution in [3.63, 3.8) is 0 Å². The summed E-state index contributed by atoms with van der Waals surface area (Å²) in [7, 11) is 0. The molecule has 19 heavy (non-hydrogen) atoms. The summed E-state index contributed by atoms with van der Waals surface area (Å²) in [5, 5.41) is 0. The summed E-state index contributed by atoms with van der Waals surface area (Å²) in [5.74, 6) is 0.431. The molecule has 104 valence electrons. The fraction of sp³-hybridized carbons (Fsp3) is 0.467. The Morgan fingerprint density at radius 2 is 1.74 bits per heavy atom. The maximum atomic E-state index is 12.4. The number of rotatable bonds is 5. The topological polar surface area (TPSA) is 46.3 Å². The van der Waals surface area contributed by atoms with Gasteiger partial charge < -0.3 is 10.6 Å². The fourth-order valence-electron chi connectivity index (χ4n) is 1.83. The Kier molecular flexibility index (Phi) is 5.48. The molecule has 0 aromatic heterocycles. The van der Waals surface area contributed by atoms with Crippen LogP contribution >= 0.6 is 12.2 Å². The first-order valence-electron chi connectivity index (χ1n) is 6.52. The van der Waals surface area contributed by atoms with Crippen molar-refractivity contribution in [1.82, 2.24) is 4.90 Å². The minimum atomic E-state index is -0.0295. The third kappa shape index (κ3) is 4.31. The Balaban J connectivity index is 2.93. The van der Waals surface area contributed by atoms with Crippen molar-refractivity contribution in [2.75, 3.05) is 6.54 Å². The second-order valence-corrected chi connectivity index (χ2v) is 5.79. The van der Waals surface area contributed by atoms with Gasteiger partial charge in [0.2, 0.25) is 0 Å². The second kappa shape index (κ2) is 6.66. The van der Waals surface area contributed by atoms with E-state index in [4.69, 9.17) is 18.0 Å². The van der Waals surface area contributed by atoms with E-state index in [9.17, 15) is 4.79 Å². The van der Waals surface area contributed by atoms with Crippen LogP contribution in [-0.2, 0) is 0 Å². The highest BCUT2D eigenvalue weighted by Gasteiger charge is 2.19. The highest BCUT2D eigenvalue weighted by molar-refractivity contribution is 7.80. The van der Waals surface area contributed by atoms with Crippen molar-refractivity contribution in [2.45, 2.75) is 39.7 Å². The fourth-order valence-corrected chi connectivity index (χ4v) is 1.97. The Hall–Kier alpha value is -1.42. The van der Waals surface area contributed by atoms with Crippen LogP contribution in [-0.4, -0.2) is 28.4 Å². The third-order valence-electron chi connectivity index (χ3n) is 3.03. The Labute approximate surface area is 120 Å². The van der Waals surface area contributed by atoms with E-state index in [-0.39, 0.29) is 11.9 Å². The van der Waals surface area contributed by atoms with E-state index in [0.717, 1.165) is 0 Å². The van der Waals surface area contributed by atoms with Gasteiger partial charge in [-0.3, -0.25) is 4.79 Å². The van der Waals surface area contributed by atoms with Crippen LogP contribution in [0.5, 0.6) is 0 Å². The molecule has 1 aromatic carbocycles. The molecule has 0 aliphatic carbocycles. The summed E-state index contributed by atoms with van der Waals surface area (Å²) in [4.78, 5) is 14.4. The van der Waals surface area contributed by atoms with Gasteiger partial charge in [0.25, 0.3) is 5.91 Å². The molecule has 0 bridgehead atoms. The number of nitrogens with two attached hydrogens (primary N) is 1. The van der Waals surface area contributed by atoms with E-state index < -0.39 is 0 Å². The number of amides is 1. The Bertz CT molecular complexity index is 452. The van der Waals surface area contributed by atoms with Gasteiger partial charge in [0.1, 0.15) is 0 Å². The molecule has 4 heteroatoms. The summed E-state index contributed by atoms with van der Waals surface area (Å²) in [5.41, 5.74) is 7.45. The molecular weight excluding hydrogens is 256 g/mol. The number of hydrogen-bond acceptors (Lipinski definition) is 2. The summed E-state index contributed by atoms with van der Waals surface area (Å²) in [6.07, 6.45) is 0. The molecular formula is C15H22N2OS. The van der Waals surface area contributed by atoms with Crippen LogP contribution in [0.3, 0.4) is 0 Å². The summed E-state index contributed by atoms with van der Waals surface area (Å²) < 4.78 is 0. The van der Waals surface area contributed by atoms with Crippen LogP contribution in [0.15, 0.2) is 24.3 Å². The van der Waals surface area contributed by atoms with E-state index in [1.54, 1.807) is 4.90 Å². The first kappa shape index (κ1) is 15.6. The summed E-state index contributed by atoms with van der Waals surface area (Å²) >= 11 is 4.90. The van der Waals surface area contributed by atoms with Gasteiger partial charge in [-0.25, -0.2) is 0 Å². The number of thiocarbonyl (C=S) groups is 1. The van der Waals surface area contributed by atoms with Crippen molar-refractivity contribution in [3.8, 4) is 0 Å². The zero-order chi connectivity index (χ0) is 14.6. The van der Waals surface area contributed by atoms with Crippen molar-refractivity contribution >= 4 is 23.1 Å². The molecule has 2 N–H and O–H groups in total. The van der Waals surface area contributed by atoms with E-state index in [1.165, 1.54) is 5.56 Å². The monoisotopic (exact) mass is 278 g/mol. The van der Waals surface area contributed by atoms with E-state index in [0.29, 0.717) is 23.0 Å². The van der Waals surface area contributed by atoms with Crippen molar-refractivity contribution < 1.29 is 4.79 Å². The van der Waals surface area contributed by atoms with Crippen molar-refractivity contribution in [1.29, 1.82) is 0 Å². The lowest BCUT2D eigenvalue weighted by Crippen LogP contribution is -2.42. The average Bonchev–Trinajstić information content (AvgIpc) is 2.34. The molecule has 0 spiro atoms. The van der Waals surface area contributed by atoms with E-state index in [1.807, 2.05) is 38.1 Å². The van der Waals surface area contributed by atoms with Gasteiger partial charge in [-0.05, 0) is 37.5 Å². The van der Waals surface area contributed by atoms with Crippen LogP contribution in [0.2, 0.25) is 0 Å². The minimum Gasteiger partial charge on any atom is -0.392 e. The number of carbonyl (C=O) groups is 1. The smallest absolute Gasteiger partial charge is 0.254 e. The molecule has 0 aliphatic rings. The van der Waals surface area contributed by atoms with Crippen LogP contribution in [0.1, 0.15) is 49.5 Å². The Morgan fingerprint density at radius 3 is 2.11 bits per heavy atom. The van der Waals surface area contributed by atoms with Gasteiger partial charge in [0.15, 0.2) is 0 Å². The van der Waals surface area contributed by atoms with Crippen LogP contribution in [0.25, 0.3) is 0 Å². The molecule has 1 amide bonds. The zero-order valence-corrected chi connectivity index (χ0v) is 12.8. The van der Waals surface area contributed by atoms with Gasteiger partial charge in [0, 0.05) is 11.6 Å². The van der Waals surface area contributed by atoms with Gasteiger partial charge >= 0.3 is 0 Å². The maximum absolute atomic E-state index is 12.4. The average molecular weight is 278 g/mol. The SMILES string of the molecule is CC(C)c1ccc(C(=O)N(CC(N)=S)C(C)C)cc1. The van der Waals surface area contributed by atoms with E-state index >= 15 is 0 Å². The lowest BCUT2D eigenvalue weighted by atomic mass is 10.0. The van der Waals surface area contributed by atoms with Gasteiger partial charge in [0.05, 0.1) is 11.5 Å². The number of carbonyl (C=O) groups excluding carboxylic acids is 1. The standard InChI is InChI=1S/C15H22N2OS/c1-10(2)12-5-7-13(8-6-12)15(18)17(11(3)4)9-14(16)19/h5-8,10-11H,9H2,1-4H3,(H2,16,19). The van der Waals surface area contributed by atoms with Crippen LogP contribution < -0.4 is 5.73 Å². The normalized spacial score (nSPS) is 10.8. The quantitative estimate of drug-likeness (QED) is 0.842. The molecule has 0 heterocycles. The molecule has 0 aliphatic heterocycles. The molecule has 0 saturated carbocycles. The molecule has 0 unspecified atom stereocenters. The first-order chi connectivity index (χ1) is 8.82. The molecule has 0 fully saturated rings. The molecule has 0 atom stereocenters. The van der Waals surface area contributed by atoms with Crippen LogP contribution in [0, 0.1) is 0 Å². The third-order valence-corrected chi connectivity index (χ3v) is 3.16. The van der Waals surface area contributed by atoms with Gasteiger partial charge in [-0.2, -0.15) is 0 Å². The predicted molar refractivity (Wildman–Crippen MR) is 83.5 cm³/mol. The molecule has 0 radical (unpaired) electrons. The number of hydrogen-bond donors (Lipinski definition) is 1. The minimum absolute atomic E-state index is 0.0295. The maximum Gasteiger partial charge on any atom is 0.254 e. The molecule has 1 aromatic rings. The van der Waals surface area contributed by atoms with Gasteiger partial charge in [-0.15, -0.1) is 0 Å².